The van der Waals surface area contributed by atoms with Crippen LogP contribution < -0.4 is 10.6 Å². The summed E-state index contributed by atoms with van der Waals surface area (Å²) in [4.78, 5) is 18.3. The van der Waals surface area contributed by atoms with Crippen LogP contribution >= 0.6 is 0 Å². The van der Waals surface area contributed by atoms with Gasteiger partial charge in [-0.2, -0.15) is 0 Å². The third-order valence-electron chi connectivity index (χ3n) is 1.59. The fourth-order valence-electron chi connectivity index (χ4n) is 1.07. The first-order valence-corrected chi connectivity index (χ1v) is 4.93. The highest BCUT2D eigenvalue weighted by molar-refractivity contribution is 5.72. The van der Waals surface area contributed by atoms with Crippen LogP contribution in [0.2, 0.25) is 0 Å². The van der Waals surface area contributed by atoms with Crippen LogP contribution in [0.5, 0.6) is 0 Å². The average Bonchev–Trinajstić information content (AvgIpc) is 2.12. The van der Waals surface area contributed by atoms with Crippen LogP contribution in [0.3, 0.4) is 0 Å². The maximum Gasteiger partial charge on any atom is 0.322 e. The number of anilines is 2. The Morgan fingerprint density at radius 2 is 2.00 bits per heavy atom. The summed E-state index contributed by atoms with van der Waals surface area (Å²) in [6.07, 6.45) is 1.39. The van der Waals surface area contributed by atoms with Crippen LogP contribution in [0.25, 0.3) is 0 Å². The van der Waals surface area contributed by atoms with Gasteiger partial charge in [-0.1, -0.05) is 0 Å². The molecule has 88 valence electrons. The number of rotatable bonds is 4. The van der Waals surface area contributed by atoms with E-state index < -0.39 is 5.97 Å². The van der Waals surface area contributed by atoms with Crippen molar-refractivity contribution in [3.05, 3.63) is 12.4 Å². The minimum atomic E-state index is -0.927. The molecule has 0 aromatic carbocycles. The Labute approximate surface area is 94.1 Å². The van der Waals surface area contributed by atoms with Gasteiger partial charge >= 0.3 is 5.97 Å². The van der Waals surface area contributed by atoms with E-state index in [1.807, 2.05) is 20.8 Å². The second-order valence-corrected chi connectivity index (χ2v) is 4.41. The topological polar surface area (TPSA) is 87.1 Å². The molecule has 0 amide bonds. The first kappa shape index (κ1) is 12.2. The zero-order chi connectivity index (χ0) is 12.2. The van der Waals surface area contributed by atoms with Crippen LogP contribution in [0, 0.1) is 0 Å². The summed E-state index contributed by atoms with van der Waals surface area (Å²) in [5, 5.41) is 14.4. The molecule has 0 spiro atoms. The Hall–Kier alpha value is -1.85. The molecule has 0 unspecified atom stereocenters. The summed E-state index contributed by atoms with van der Waals surface area (Å²) in [5.74, 6) is 0.225. The quantitative estimate of drug-likeness (QED) is 0.712. The Morgan fingerprint density at radius 3 is 2.56 bits per heavy atom. The van der Waals surface area contributed by atoms with Crippen LogP contribution in [-0.2, 0) is 4.79 Å². The van der Waals surface area contributed by atoms with Gasteiger partial charge in [-0.3, -0.25) is 4.79 Å². The number of nitrogens with one attached hydrogen (secondary N) is 2. The number of aromatic nitrogens is 2. The number of aliphatic carboxylic acids is 1. The number of carboxylic acid groups (broad SMARTS) is 1. The van der Waals surface area contributed by atoms with Crippen molar-refractivity contribution in [2.75, 3.05) is 17.2 Å². The normalized spacial score (nSPS) is 10.9. The second kappa shape index (κ2) is 4.78. The fraction of sp³-hybridized carbons (Fsp3) is 0.500. The summed E-state index contributed by atoms with van der Waals surface area (Å²) in [6, 6.07) is 1.67. The smallest absolute Gasteiger partial charge is 0.322 e. The predicted molar refractivity (Wildman–Crippen MR) is 61.5 cm³/mol. The molecule has 6 nitrogen and oxygen atoms in total. The monoisotopic (exact) mass is 224 g/mol. The highest BCUT2D eigenvalue weighted by atomic mass is 16.4. The lowest BCUT2D eigenvalue weighted by molar-refractivity contribution is -0.134. The van der Waals surface area contributed by atoms with Gasteiger partial charge in [0.05, 0.1) is 0 Å². The number of carbonyl (C=O) groups is 1. The van der Waals surface area contributed by atoms with Crippen LogP contribution in [-0.4, -0.2) is 33.1 Å². The molecule has 16 heavy (non-hydrogen) atoms. The Balaban J connectivity index is 2.67. The van der Waals surface area contributed by atoms with Gasteiger partial charge in [-0.25, -0.2) is 9.97 Å². The van der Waals surface area contributed by atoms with Crippen molar-refractivity contribution in [3.63, 3.8) is 0 Å². The van der Waals surface area contributed by atoms with Gasteiger partial charge in [0.1, 0.15) is 24.5 Å². The van der Waals surface area contributed by atoms with Gasteiger partial charge in [0.25, 0.3) is 0 Å². The molecule has 1 aromatic rings. The van der Waals surface area contributed by atoms with Crippen molar-refractivity contribution in [2.24, 2.45) is 0 Å². The fourth-order valence-corrected chi connectivity index (χ4v) is 1.07. The van der Waals surface area contributed by atoms with E-state index in [0.29, 0.717) is 11.6 Å². The maximum atomic E-state index is 10.4. The molecule has 0 aliphatic heterocycles. The van der Waals surface area contributed by atoms with Gasteiger partial charge in [0, 0.05) is 11.6 Å². The number of nitrogens with zero attached hydrogens (tertiary/aromatic N) is 2. The standard InChI is InChI=1S/C10H16N4O2/c1-10(2,3)14-8-4-7(12-6-13-8)11-5-9(15)16/h4,6H,5H2,1-3H3,(H,15,16)(H2,11,12,13,14). The lowest BCUT2D eigenvalue weighted by Crippen LogP contribution is -2.26. The molecular formula is C10H16N4O2. The molecule has 0 radical (unpaired) electrons. The molecule has 1 heterocycles. The highest BCUT2D eigenvalue weighted by Crippen LogP contribution is 2.13. The molecule has 0 aliphatic carbocycles. The number of carboxylic acids is 1. The summed E-state index contributed by atoms with van der Waals surface area (Å²) in [7, 11) is 0. The molecule has 0 atom stereocenters. The van der Waals surface area contributed by atoms with E-state index in [-0.39, 0.29) is 12.1 Å². The van der Waals surface area contributed by atoms with E-state index in [1.54, 1.807) is 6.07 Å². The van der Waals surface area contributed by atoms with Crippen LogP contribution in [0.4, 0.5) is 11.6 Å². The van der Waals surface area contributed by atoms with Crippen molar-refractivity contribution in [2.45, 2.75) is 26.3 Å². The summed E-state index contributed by atoms with van der Waals surface area (Å²) < 4.78 is 0. The van der Waals surface area contributed by atoms with Crippen molar-refractivity contribution < 1.29 is 9.90 Å². The molecule has 6 heteroatoms. The van der Waals surface area contributed by atoms with Gasteiger partial charge in [0.2, 0.25) is 0 Å². The van der Waals surface area contributed by atoms with Gasteiger partial charge in [0.15, 0.2) is 0 Å². The molecule has 1 rings (SSSR count). The van der Waals surface area contributed by atoms with E-state index in [1.165, 1.54) is 6.33 Å². The predicted octanol–water partition coefficient (Wildman–Crippen LogP) is 1.18. The Bertz CT molecular complexity index is 373. The summed E-state index contributed by atoms with van der Waals surface area (Å²) in [6.45, 7) is 5.88. The molecule has 3 N–H and O–H groups in total. The number of hydrogen-bond acceptors (Lipinski definition) is 5. The molecule has 1 aromatic heterocycles. The van der Waals surface area contributed by atoms with Crippen molar-refractivity contribution in [3.8, 4) is 0 Å². The van der Waals surface area contributed by atoms with Crippen LogP contribution in [0.15, 0.2) is 12.4 Å². The highest BCUT2D eigenvalue weighted by Gasteiger charge is 2.10. The summed E-state index contributed by atoms with van der Waals surface area (Å²) in [5.41, 5.74) is -0.0988. The third kappa shape index (κ3) is 4.59. The van der Waals surface area contributed by atoms with Crippen molar-refractivity contribution >= 4 is 17.6 Å². The Morgan fingerprint density at radius 1 is 1.38 bits per heavy atom. The lowest BCUT2D eigenvalue weighted by Gasteiger charge is -2.21. The molecular weight excluding hydrogens is 208 g/mol. The molecule has 0 fully saturated rings. The maximum absolute atomic E-state index is 10.4. The van der Waals surface area contributed by atoms with Gasteiger partial charge < -0.3 is 15.7 Å². The van der Waals surface area contributed by atoms with Gasteiger partial charge in [-0.15, -0.1) is 0 Å². The minimum Gasteiger partial charge on any atom is -0.480 e. The van der Waals surface area contributed by atoms with Crippen LogP contribution in [0.1, 0.15) is 20.8 Å². The van der Waals surface area contributed by atoms with E-state index in [9.17, 15) is 4.79 Å². The average molecular weight is 224 g/mol. The van der Waals surface area contributed by atoms with E-state index >= 15 is 0 Å². The Kier molecular flexibility index (Phi) is 3.65. The van der Waals surface area contributed by atoms with E-state index in [4.69, 9.17) is 5.11 Å². The molecule has 0 saturated carbocycles. The molecule has 0 saturated heterocycles. The van der Waals surface area contributed by atoms with E-state index in [2.05, 4.69) is 20.6 Å². The molecule has 0 bridgehead atoms. The van der Waals surface area contributed by atoms with E-state index in [0.717, 1.165) is 0 Å². The second-order valence-electron chi connectivity index (χ2n) is 4.41. The number of hydrogen-bond donors (Lipinski definition) is 3. The molecule has 0 aliphatic rings. The zero-order valence-corrected chi connectivity index (χ0v) is 9.61. The minimum absolute atomic E-state index is 0.0988. The zero-order valence-electron chi connectivity index (χ0n) is 9.61. The van der Waals surface area contributed by atoms with Crippen molar-refractivity contribution in [1.82, 2.24) is 9.97 Å². The first-order chi connectivity index (χ1) is 7.37. The first-order valence-electron chi connectivity index (χ1n) is 4.93. The SMILES string of the molecule is CC(C)(C)Nc1cc(NCC(=O)O)ncn1. The lowest BCUT2D eigenvalue weighted by atomic mass is 10.1. The van der Waals surface area contributed by atoms with Crippen molar-refractivity contribution in [1.29, 1.82) is 0 Å². The third-order valence-corrected chi connectivity index (χ3v) is 1.59. The summed E-state index contributed by atoms with van der Waals surface area (Å²) >= 11 is 0. The largest absolute Gasteiger partial charge is 0.480 e. The van der Waals surface area contributed by atoms with Gasteiger partial charge in [-0.05, 0) is 20.8 Å².